The summed E-state index contributed by atoms with van der Waals surface area (Å²) in [5, 5.41) is 0. The van der Waals surface area contributed by atoms with E-state index in [9.17, 15) is 4.79 Å². The molecule has 3 heteroatoms. The van der Waals surface area contributed by atoms with Crippen LogP contribution in [0.15, 0.2) is 34.8 Å². The van der Waals surface area contributed by atoms with Gasteiger partial charge in [-0.3, -0.25) is 9.79 Å². The monoisotopic (exact) mass is 270 g/mol. The predicted molar refractivity (Wildman–Crippen MR) is 83.1 cm³/mol. The summed E-state index contributed by atoms with van der Waals surface area (Å²) in [6.07, 6.45) is 3.29. The quantitative estimate of drug-likeness (QED) is 0.882. The maximum Gasteiger partial charge on any atom is 0.228 e. The van der Waals surface area contributed by atoms with Crippen molar-refractivity contribution in [2.75, 3.05) is 7.05 Å². The van der Waals surface area contributed by atoms with Crippen LogP contribution in [-0.4, -0.2) is 18.7 Å². The molecule has 1 saturated carbocycles. The topological polar surface area (TPSA) is 55.5 Å². The number of aryl methyl sites for hydroxylation is 1. The number of primary amides is 1. The molecule has 1 aliphatic rings. The Hall–Kier alpha value is -1.90. The fourth-order valence-electron chi connectivity index (χ4n) is 3.15. The van der Waals surface area contributed by atoms with Gasteiger partial charge in [-0.15, -0.1) is 0 Å². The van der Waals surface area contributed by atoms with E-state index in [1.54, 1.807) is 7.05 Å². The fraction of sp³-hybridized carbons (Fsp3) is 0.412. The molecule has 0 spiro atoms. The minimum absolute atomic E-state index is 0.260. The molecule has 1 aromatic rings. The molecule has 0 radical (unpaired) electrons. The smallest absolute Gasteiger partial charge is 0.228 e. The van der Waals surface area contributed by atoms with Crippen molar-refractivity contribution in [3.63, 3.8) is 0 Å². The van der Waals surface area contributed by atoms with Crippen molar-refractivity contribution in [2.45, 2.75) is 39.0 Å². The first kappa shape index (κ1) is 14.5. The molecule has 3 nitrogen and oxygen atoms in total. The summed E-state index contributed by atoms with van der Waals surface area (Å²) in [6, 6.07) is 6.09. The van der Waals surface area contributed by atoms with Gasteiger partial charge in [0.15, 0.2) is 0 Å². The molecule has 106 valence electrons. The first-order valence-corrected chi connectivity index (χ1v) is 6.94. The lowest BCUT2D eigenvalue weighted by Gasteiger charge is -2.27. The number of hydrogen-bond acceptors (Lipinski definition) is 2. The van der Waals surface area contributed by atoms with Gasteiger partial charge < -0.3 is 5.73 Å². The van der Waals surface area contributed by atoms with Crippen molar-refractivity contribution in [3.05, 3.63) is 46.5 Å². The molecular weight excluding hydrogens is 248 g/mol. The minimum atomic E-state index is -0.646. The van der Waals surface area contributed by atoms with E-state index in [1.165, 1.54) is 5.56 Å². The molecule has 2 N–H and O–H groups in total. The van der Waals surface area contributed by atoms with E-state index in [4.69, 9.17) is 5.73 Å². The Morgan fingerprint density at radius 3 is 2.55 bits per heavy atom. The molecule has 1 amide bonds. The summed E-state index contributed by atoms with van der Waals surface area (Å²) in [6.45, 7) is 6.11. The number of nitrogens with two attached hydrogens (primary N) is 1. The summed E-state index contributed by atoms with van der Waals surface area (Å²) < 4.78 is 0. The van der Waals surface area contributed by atoms with Crippen molar-refractivity contribution in [3.8, 4) is 0 Å². The van der Waals surface area contributed by atoms with Gasteiger partial charge in [0.25, 0.3) is 0 Å². The highest BCUT2D eigenvalue weighted by Crippen LogP contribution is 2.44. The van der Waals surface area contributed by atoms with E-state index in [1.807, 2.05) is 25.1 Å². The van der Waals surface area contributed by atoms with Crippen LogP contribution in [0.25, 0.3) is 0 Å². The average Bonchev–Trinajstić information content (AvgIpc) is 2.82. The molecule has 20 heavy (non-hydrogen) atoms. The molecule has 0 aliphatic heterocycles. The van der Waals surface area contributed by atoms with Crippen LogP contribution in [0.5, 0.6) is 0 Å². The third kappa shape index (κ3) is 2.07. The van der Waals surface area contributed by atoms with E-state index in [2.05, 4.69) is 24.9 Å². The van der Waals surface area contributed by atoms with Crippen molar-refractivity contribution in [2.24, 2.45) is 10.7 Å². The van der Waals surface area contributed by atoms with E-state index in [0.717, 1.165) is 22.4 Å². The second-order valence-electron chi connectivity index (χ2n) is 5.53. The molecule has 1 fully saturated rings. The molecule has 0 saturated heterocycles. The van der Waals surface area contributed by atoms with Crippen LogP contribution in [0, 0.1) is 13.8 Å². The molecule has 1 atom stereocenters. The van der Waals surface area contributed by atoms with E-state index in [-0.39, 0.29) is 5.91 Å². The van der Waals surface area contributed by atoms with Gasteiger partial charge in [-0.25, -0.2) is 0 Å². The molecule has 0 unspecified atom stereocenters. The number of carbonyl (C=O) groups excluding carboxylic acids is 1. The summed E-state index contributed by atoms with van der Waals surface area (Å²) in [5.74, 6) is -0.260. The number of aliphatic imine (C=N–C) groups is 1. The Morgan fingerprint density at radius 1 is 1.35 bits per heavy atom. The van der Waals surface area contributed by atoms with Gasteiger partial charge in [-0.05, 0) is 49.5 Å². The highest BCUT2D eigenvalue weighted by atomic mass is 16.1. The number of allylic oxidation sites excluding steroid dienone is 2. The number of hydrogen-bond donors (Lipinski definition) is 1. The molecule has 2 rings (SSSR count). The number of rotatable bonds is 2. The average molecular weight is 270 g/mol. The lowest BCUT2D eigenvalue weighted by atomic mass is 9.75. The molecule has 0 aromatic heterocycles. The van der Waals surface area contributed by atoms with Crippen LogP contribution in [0.1, 0.15) is 36.5 Å². The van der Waals surface area contributed by atoms with Gasteiger partial charge in [0, 0.05) is 19.2 Å². The van der Waals surface area contributed by atoms with Crippen molar-refractivity contribution < 1.29 is 4.79 Å². The van der Waals surface area contributed by atoms with Crippen LogP contribution in [0.2, 0.25) is 0 Å². The lowest BCUT2D eigenvalue weighted by molar-refractivity contribution is -0.123. The number of carbonyl (C=O) groups is 1. The minimum Gasteiger partial charge on any atom is -0.369 e. The first-order chi connectivity index (χ1) is 9.46. The Labute approximate surface area is 120 Å². The summed E-state index contributed by atoms with van der Waals surface area (Å²) in [7, 11) is 1.78. The molecule has 1 aromatic carbocycles. The second-order valence-corrected chi connectivity index (χ2v) is 5.53. The Bertz CT molecular complexity index is 591. The van der Waals surface area contributed by atoms with E-state index >= 15 is 0 Å². The molecule has 0 heterocycles. The molecule has 1 aliphatic carbocycles. The maximum atomic E-state index is 12.3. The van der Waals surface area contributed by atoms with Crippen LogP contribution in [-0.2, 0) is 10.2 Å². The van der Waals surface area contributed by atoms with Gasteiger partial charge in [0.2, 0.25) is 5.91 Å². The van der Waals surface area contributed by atoms with Gasteiger partial charge >= 0.3 is 0 Å². The van der Waals surface area contributed by atoms with Gasteiger partial charge in [-0.2, -0.15) is 0 Å². The van der Waals surface area contributed by atoms with Crippen molar-refractivity contribution in [1.82, 2.24) is 0 Å². The van der Waals surface area contributed by atoms with Crippen LogP contribution in [0.4, 0.5) is 0 Å². The normalized spacial score (nSPS) is 26.4. The number of amides is 1. The van der Waals surface area contributed by atoms with Crippen molar-refractivity contribution in [1.29, 1.82) is 0 Å². The van der Waals surface area contributed by atoms with Crippen molar-refractivity contribution >= 4 is 11.6 Å². The Balaban J connectivity index is 2.65. The number of benzene rings is 1. The summed E-state index contributed by atoms with van der Waals surface area (Å²) in [4.78, 5) is 16.6. The Morgan fingerprint density at radius 2 is 2.05 bits per heavy atom. The standard InChI is InChI=1S/C17H22N2O/c1-5-13-9-17(16(18)20,10-15(13)19-4)14-8-6-7-11(2)12(14)3/h5-8H,9-10H2,1-4H3,(H2,18,20)/b13-5-,19-15?/t17-/m0/s1. The van der Waals surface area contributed by atoms with Gasteiger partial charge in [0.1, 0.15) is 0 Å². The largest absolute Gasteiger partial charge is 0.369 e. The van der Waals surface area contributed by atoms with Crippen LogP contribution in [0.3, 0.4) is 0 Å². The Kier molecular flexibility index (Phi) is 3.80. The highest BCUT2D eigenvalue weighted by Gasteiger charge is 2.46. The summed E-state index contributed by atoms with van der Waals surface area (Å²) >= 11 is 0. The van der Waals surface area contributed by atoms with E-state index < -0.39 is 5.41 Å². The molecular formula is C17H22N2O. The SMILES string of the molecule is C/C=C1/C[C@@](C(N)=O)(c2cccc(C)c2C)CC1=NC. The highest BCUT2D eigenvalue weighted by molar-refractivity contribution is 6.09. The fourth-order valence-corrected chi connectivity index (χ4v) is 3.15. The third-order valence-corrected chi connectivity index (χ3v) is 4.54. The molecule has 0 bridgehead atoms. The zero-order valence-electron chi connectivity index (χ0n) is 12.7. The van der Waals surface area contributed by atoms with Crippen LogP contribution >= 0.6 is 0 Å². The van der Waals surface area contributed by atoms with Gasteiger partial charge in [-0.1, -0.05) is 24.3 Å². The second kappa shape index (κ2) is 5.23. The zero-order valence-corrected chi connectivity index (χ0v) is 12.7. The van der Waals surface area contributed by atoms with E-state index in [0.29, 0.717) is 12.8 Å². The predicted octanol–water partition coefficient (Wildman–Crippen LogP) is 2.84. The zero-order chi connectivity index (χ0) is 14.9. The third-order valence-electron chi connectivity index (χ3n) is 4.54. The maximum absolute atomic E-state index is 12.3. The lowest BCUT2D eigenvalue weighted by Crippen LogP contribution is -2.40. The van der Waals surface area contributed by atoms with Crippen LogP contribution < -0.4 is 5.73 Å². The summed E-state index contributed by atoms with van der Waals surface area (Å²) in [5.41, 5.74) is 10.7. The first-order valence-electron chi connectivity index (χ1n) is 6.94. The number of nitrogens with zero attached hydrogens (tertiary/aromatic N) is 1. The van der Waals surface area contributed by atoms with Gasteiger partial charge in [0.05, 0.1) is 5.41 Å².